The summed E-state index contributed by atoms with van der Waals surface area (Å²) in [5, 5.41) is 6.31. The Labute approximate surface area is 147 Å². The van der Waals surface area contributed by atoms with E-state index in [2.05, 4.69) is 20.5 Å². The van der Waals surface area contributed by atoms with Crippen molar-refractivity contribution >= 4 is 17.4 Å². The maximum atomic E-state index is 12.9. The second-order valence-electron chi connectivity index (χ2n) is 6.45. The number of hydrogen-bond acceptors (Lipinski definition) is 4. The van der Waals surface area contributed by atoms with Gasteiger partial charge in [-0.3, -0.25) is 4.79 Å². The minimum absolute atomic E-state index is 0.0640. The number of anilines is 2. The Hall–Kier alpha value is -2.47. The summed E-state index contributed by atoms with van der Waals surface area (Å²) in [6.45, 7) is 3.86. The molecule has 132 valence electrons. The van der Waals surface area contributed by atoms with Gasteiger partial charge in [0.1, 0.15) is 11.6 Å². The molecule has 0 saturated carbocycles. The number of benzene rings is 1. The highest BCUT2D eigenvalue weighted by Gasteiger charge is 2.24. The van der Waals surface area contributed by atoms with E-state index in [0.29, 0.717) is 18.2 Å². The summed E-state index contributed by atoms with van der Waals surface area (Å²) in [6.07, 6.45) is 3.20. The molecule has 2 heterocycles. The lowest BCUT2D eigenvalue weighted by molar-refractivity contribution is -0.116. The Bertz CT molecular complexity index is 692. The summed E-state index contributed by atoms with van der Waals surface area (Å²) in [5.74, 6) is 0.603. The average molecular weight is 342 g/mol. The zero-order valence-corrected chi connectivity index (χ0v) is 14.3. The summed E-state index contributed by atoms with van der Waals surface area (Å²) < 4.78 is 12.9. The summed E-state index contributed by atoms with van der Waals surface area (Å²) in [6, 6.07) is 12.1. The molecule has 3 rings (SSSR count). The molecule has 0 spiro atoms. The van der Waals surface area contributed by atoms with Crippen LogP contribution in [0, 0.1) is 5.82 Å². The monoisotopic (exact) mass is 342 g/mol. The lowest BCUT2D eigenvalue weighted by Gasteiger charge is -2.21. The molecule has 6 heteroatoms. The number of aromatic nitrogens is 1. The van der Waals surface area contributed by atoms with Crippen molar-refractivity contribution in [3.63, 3.8) is 0 Å². The third-order valence-electron chi connectivity index (χ3n) is 4.30. The quantitative estimate of drug-likeness (QED) is 0.848. The van der Waals surface area contributed by atoms with Crippen LogP contribution in [0.4, 0.5) is 15.9 Å². The maximum absolute atomic E-state index is 12.9. The molecule has 1 aliphatic heterocycles. The van der Waals surface area contributed by atoms with Crippen LogP contribution in [-0.2, 0) is 4.79 Å². The first-order valence-corrected chi connectivity index (χ1v) is 8.57. The number of carbonyl (C=O) groups is 1. The van der Waals surface area contributed by atoms with Crippen LogP contribution in [0.5, 0.6) is 0 Å². The first-order valence-electron chi connectivity index (χ1n) is 8.57. The fourth-order valence-corrected chi connectivity index (χ4v) is 3.13. The van der Waals surface area contributed by atoms with Crippen LogP contribution >= 0.6 is 0 Å². The summed E-state index contributed by atoms with van der Waals surface area (Å²) in [5.41, 5.74) is 0.612. The van der Waals surface area contributed by atoms with Crippen molar-refractivity contribution in [2.75, 3.05) is 23.3 Å². The standard InChI is InChI=1S/C19H23FN4O/c1-14(12-19(25)23-16-7-5-15(20)6-8-16)22-17-9-11-24(13-17)18-4-2-3-10-21-18/h2-8,10,14,17,22H,9,11-13H2,1H3,(H,23,25)/t14-,17-/m0/s1. The van der Waals surface area contributed by atoms with Crippen LogP contribution in [0.2, 0.25) is 0 Å². The predicted octanol–water partition coefficient (Wildman–Crippen LogP) is 2.81. The molecule has 2 atom stereocenters. The molecule has 1 fully saturated rings. The molecular weight excluding hydrogens is 319 g/mol. The number of rotatable bonds is 6. The molecule has 1 aromatic heterocycles. The molecule has 0 unspecified atom stereocenters. The Balaban J connectivity index is 1.44. The van der Waals surface area contributed by atoms with Crippen LogP contribution in [0.15, 0.2) is 48.7 Å². The Morgan fingerprint density at radius 3 is 2.84 bits per heavy atom. The highest BCUT2D eigenvalue weighted by Crippen LogP contribution is 2.18. The fourth-order valence-electron chi connectivity index (χ4n) is 3.13. The van der Waals surface area contributed by atoms with Crippen LogP contribution in [0.25, 0.3) is 0 Å². The summed E-state index contributed by atoms with van der Waals surface area (Å²) in [7, 11) is 0. The molecule has 1 aromatic carbocycles. The molecule has 1 amide bonds. The SMILES string of the molecule is C[C@@H](CC(=O)Nc1ccc(F)cc1)N[C@H]1CCN(c2ccccn2)C1. The number of nitrogens with one attached hydrogen (secondary N) is 2. The predicted molar refractivity (Wildman–Crippen MR) is 97.1 cm³/mol. The van der Waals surface area contributed by atoms with Crippen LogP contribution in [-0.4, -0.2) is 36.1 Å². The first-order chi connectivity index (χ1) is 12.1. The van der Waals surface area contributed by atoms with Crippen molar-refractivity contribution in [1.29, 1.82) is 0 Å². The number of nitrogens with zero attached hydrogens (tertiary/aromatic N) is 2. The highest BCUT2D eigenvalue weighted by molar-refractivity contribution is 5.91. The Morgan fingerprint density at radius 2 is 2.12 bits per heavy atom. The van der Waals surface area contributed by atoms with Gasteiger partial charge in [0, 0.05) is 43.5 Å². The molecule has 2 aromatic rings. The molecule has 1 saturated heterocycles. The number of halogens is 1. The van der Waals surface area contributed by atoms with Gasteiger partial charge in [0.2, 0.25) is 5.91 Å². The van der Waals surface area contributed by atoms with Gasteiger partial charge < -0.3 is 15.5 Å². The summed E-state index contributed by atoms with van der Waals surface area (Å²) in [4.78, 5) is 18.7. The molecule has 0 aliphatic carbocycles. The second-order valence-corrected chi connectivity index (χ2v) is 6.45. The summed E-state index contributed by atoms with van der Waals surface area (Å²) >= 11 is 0. The molecule has 0 bridgehead atoms. The lowest BCUT2D eigenvalue weighted by atomic mass is 10.1. The van der Waals surface area contributed by atoms with E-state index in [4.69, 9.17) is 0 Å². The van der Waals surface area contributed by atoms with Gasteiger partial charge in [-0.2, -0.15) is 0 Å². The van der Waals surface area contributed by atoms with E-state index in [0.717, 1.165) is 25.3 Å². The smallest absolute Gasteiger partial charge is 0.225 e. The van der Waals surface area contributed by atoms with E-state index in [1.807, 2.05) is 25.1 Å². The number of carbonyl (C=O) groups excluding carboxylic acids is 1. The van der Waals surface area contributed by atoms with Gasteiger partial charge in [-0.15, -0.1) is 0 Å². The number of amides is 1. The minimum atomic E-state index is -0.313. The van der Waals surface area contributed by atoms with Crippen LogP contribution in [0.3, 0.4) is 0 Å². The molecule has 1 aliphatic rings. The molecular formula is C19H23FN4O. The highest BCUT2D eigenvalue weighted by atomic mass is 19.1. The van der Waals surface area contributed by atoms with Gasteiger partial charge in [0.25, 0.3) is 0 Å². The Morgan fingerprint density at radius 1 is 1.32 bits per heavy atom. The van der Waals surface area contributed by atoms with E-state index in [1.165, 1.54) is 12.1 Å². The second kappa shape index (κ2) is 8.07. The van der Waals surface area contributed by atoms with E-state index < -0.39 is 0 Å². The Kier molecular flexibility index (Phi) is 5.60. The fraction of sp³-hybridized carbons (Fsp3) is 0.368. The van der Waals surface area contributed by atoms with E-state index in [-0.39, 0.29) is 17.8 Å². The van der Waals surface area contributed by atoms with Crippen molar-refractivity contribution in [3.05, 3.63) is 54.5 Å². The number of hydrogen-bond donors (Lipinski definition) is 2. The largest absolute Gasteiger partial charge is 0.355 e. The average Bonchev–Trinajstić information content (AvgIpc) is 3.06. The van der Waals surface area contributed by atoms with Crippen LogP contribution < -0.4 is 15.5 Å². The van der Waals surface area contributed by atoms with E-state index in [1.54, 1.807) is 18.3 Å². The van der Waals surface area contributed by atoms with Gasteiger partial charge in [-0.25, -0.2) is 9.37 Å². The van der Waals surface area contributed by atoms with E-state index >= 15 is 0 Å². The minimum Gasteiger partial charge on any atom is -0.355 e. The lowest BCUT2D eigenvalue weighted by Crippen LogP contribution is -2.40. The molecule has 5 nitrogen and oxygen atoms in total. The normalized spacial score (nSPS) is 18.2. The van der Waals surface area contributed by atoms with Crippen molar-refractivity contribution in [2.24, 2.45) is 0 Å². The van der Waals surface area contributed by atoms with Crippen molar-refractivity contribution in [2.45, 2.75) is 31.8 Å². The van der Waals surface area contributed by atoms with Gasteiger partial charge in [0.15, 0.2) is 0 Å². The van der Waals surface area contributed by atoms with Crippen molar-refractivity contribution in [3.8, 4) is 0 Å². The van der Waals surface area contributed by atoms with Crippen molar-refractivity contribution < 1.29 is 9.18 Å². The van der Waals surface area contributed by atoms with E-state index in [9.17, 15) is 9.18 Å². The third-order valence-corrected chi connectivity index (χ3v) is 4.30. The van der Waals surface area contributed by atoms with Gasteiger partial charge in [-0.05, 0) is 49.7 Å². The van der Waals surface area contributed by atoms with Crippen LogP contribution in [0.1, 0.15) is 19.8 Å². The molecule has 2 N–H and O–H groups in total. The topological polar surface area (TPSA) is 57.3 Å². The van der Waals surface area contributed by atoms with Gasteiger partial charge in [0.05, 0.1) is 0 Å². The maximum Gasteiger partial charge on any atom is 0.225 e. The first kappa shape index (κ1) is 17.4. The van der Waals surface area contributed by atoms with Gasteiger partial charge in [-0.1, -0.05) is 6.07 Å². The zero-order chi connectivity index (χ0) is 17.6. The molecule has 0 radical (unpaired) electrons. The third kappa shape index (κ3) is 5.00. The van der Waals surface area contributed by atoms with Gasteiger partial charge >= 0.3 is 0 Å². The molecule has 25 heavy (non-hydrogen) atoms. The number of pyridine rings is 1. The zero-order valence-electron chi connectivity index (χ0n) is 14.3. The van der Waals surface area contributed by atoms with Crippen molar-refractivity contribution in [1.82, 2.24) is 10.3 Å².